The van der Waals surface area contributed by atoms with Crippen molar-refractivity contribution < 1.29 is 4.84 Å². The van der Waals surface area contributed by atoms with Crippen LogP contribution < -0.4 is 0 Å². The summed E-state index contributed by atoms with van der Waals surface area (Å²) < 4.78 is 0. The molecule has 0 fully saturated rings. The highest BCUT2D eigenvalue weighted by atomic mass is 16.6. The lowest BCUT2D eigenvalue weighted by atomic mass is 10.1. The van der Waals surface area contributed by atoms with Gasteiger partial charge >= 0.3 is 0 Å². The van der Waals surface area contributed by atoms with Gasteiger partial charge in [0.1, 0.15) is 6.61 Å². The number of oxime groups is 1. The Balaban J connectivity index is 2.36. The van der Waals surface area contributed by atoms with E-state index in [0.29, 0.717) is 5.92 Å². The molecule has 1 rings (SSSR count). The molecule has 0 aromatic carbocycles. The van der Waals surface area contributed by atoms with Crippen molar-refractivity contribution in [1.29, 1.82) is 0 Å². The Morgan fingerprint density at radius 1 is 1.86 bits per heavy atom. The van der Waals surface area contributed by atoms with Crippen LogP contribution in [0.3, 0.4) is 0 Å². The Morgan fingerprint density at radius 3 is 3.00 bits per heavy atom. The summed E-state index contributed by atoms with van der Waals surface area (Å²) in [6.07, 6.45) is 2.95. The van der Waals surface area contributed by atoms with Gasteiger partial charge in [0.05, 0.1) is 0 Å². The van der Waals surface area contributed by atoms with E-state index in [9.17, 15) is 0 Å². The summed E-state index contributed by atoms with van der Waals surface area (Å²) in [6.45, 7) is 2.92. The largest absolute Gasteiger partial charge is 0.396 e. The zero-order valence-electron chi connectivity index (χ0n) is 4.42. The quantitative estimate of drug-likeness (QED) is 0.444. The lowest BCUT2D eigenvalue weighted by Gasteiger charge is -2.08. The van der Waals surface area contributed by atoms with Crippen molar-refractivity contribution in [2.24, 2.45) is 11.1 Å². The second-order valence-corrected chi connectivity index (χ2v) is 1.85. The molecule has 0 aromatic heterocycles. The first-order valence-corrected chi connectivity index (χ1v) is 2.55. The summed E-state index contributed by atoms with van der Waals surface area (Å²) >= 11 is 0. The van der Waals surface area contributed by atoms with Gasteiger partial charge in [0.2, 0.25) is 0 Å². The van der Waals surface area contributed by atoms with Gasteiger partial charge in [-0.05, 0) is 12.3 Å². The lowest BCUT2D eigenvalue weighted by Crippen LogP contribution is -2.06. The molecule has 1 atom stereocenters. The van der Waals surface area contributed by atoms with Gasteiger partial charge < -0.3 is 4.84 Å². The van der Waals surface area contributed by atoms with E-state index in [1.165, 1.54) is 0 Å². The molecule has 0 radical (unpaired) electrons. The standard InChI is InChI=1S/C5H9NO/c1-5-2-3-7-6-4-5/h4-5H,2-3H2,1H3. The minimum absolute atomic E-state index is 0.619. The summed E-state index contributed by atoms with van der Waals surface area (Å²) in [5, 5.41) is 3.63. The molecule has 0 N–H and O–H groups in total. The van der Waals surface area contributed by atoms with E-state index < -0.39 is 0 Å². The second-order valence-electron chi connectivity index (χ2n) is 1.85. The highest BCUT2D eigenvalue weighted by Crippen LogP contribution is 2.02. The molecule has 2 nitrogen and oxygen atoms in total. The topological polar surface area (TPSA) is 21.6 Å². The number of rotatable bonds is 0. The molecule has 0 bridgehead atoms. The Kier molecular flexibility index (Phi) is 1.29. The second kappa shape index (κ2) is 1.96. The molecule has 0 spiro atoms. The van der Waals surface area contributed by atoms with Crippen molar-refractivity contribution in [3.8, 4) is 0 Å². The molecule has 1 aliphatic heterocycles. The molecule has 40 valence electrons. The van der Waals surface area contributed by atoms with Gasteiger partial charge in [-0.3, -0.25) is 0 Å². The Hall–Kier alpha value is -0.530. The molecule has 0 saturated carbocycles. The molecule has 1 heterocycles. The molecule has 0 saturated heterocycles. The van der Waals surface area contributed by atoms with Gasteiger partial charge in [0.15, 0.2) is 0 Å². The van der Waals surface area contributed by atoms with Gasteiger partial charge in [0, 0.05) is 6.21 Å². The highest BCUT2D eigenvalue weighted by Gasteiger charge is 2.01. The third-order valence-electron chi connectivity index (χ3n) is 1.05. The summed E-state index contributed by atoms with van der Waals surface area (Å²) in [7, 11) is 0. The van der Waals surface area contributed by atoms with E-state index in [1.54, 1.807) is 0 Å². The van der Waals surface area contributed by atoms with Crippen LogP contribution in [0.1, 0.15) is 13.3 Å². The maximum Gasteiger partial charge on any atom is 0.117 e. The fourth-order valence-corrected chi connectivity index (χ4v) is 0.513. The van der Waals surface area contributed by atoms with Crippen molar-refractivity contribution in [1.82, 2.24) is 0 Å². The van der Waals surface area contributed by atoms with Crippen molar-refractivity contribution in [3.63, 3.8) is 0 Å². The van der Waals surface area contributed by atoms with Crippen LogP contribution >= 0.6 is 0 Å². The third-order valence-corrected chi connectivity index (χ3v) is 1.05. The minimum Gasteiger partial charge on any atom is -0.396 e. The summed E-state index contributed by atoms with van der Waals surface area (Å²) in [4.78, 5) is 4.71. The average Bonchev–Trinajstić information content (AvgIpc) is 1.69. The monoisotopic (exact) mass is 99.1 g/mol. The number of hydrogen-bond acceptors (Lipinski definition) is 2. The molecular weight excluding hydrogens is 90.1 g/mol. The molecule has 0 amide bonds. The predicted octanol–water partition coefficient (Wildman–Crippen LogP) is 1.03. The minimum atomic E-state index is 0.619. The highest BCUT2D eigenvalue weighted by molar-refractivity contribution is 5.59. The number of nitrogens with zero attached hydrogens (tertiary/aromatic N) is 1. The van der Waals surface area contributed by atoms with Crippen molar-refractivity contribution in [2.45, 2.75) is 13.3 Å². The van der Waals surface area contributed by atoms with Crippen LogP contribution in [0.25, 0.3) is 0 Å². The van der Waals surface area contributed by atoms with Gasteiger partial charge in [-0.25, -0.2) is 0 Å². The van der Waals surface area contributed by atoms with Crippen LogP contribution in [0.2, 0.25) is 0 Å². The average molecular weight is 99.1 g/mol. The van der Waals surface area contributed by atoms with E-state index in [2.05, 4.69) is 12.1 Å². The first kappa shape index (κ1) is 4.62. The SMILES string of the molecule is CC1C=NOCC1. The van der Waals surface area contributed by atoms with E-state index in [1.807, 2.05) is 6.21 Å². The molecule has 7 heavy (non-hydrogen) atoms. The van der Waals surface area contributed by atoms with E-state index in [4.69, 9.17) is 4.84 Å². The number of hydrogen-bond donors (Lipinski definition) is 0. The molecule has 0 aromatic rings. The Morgan fingerprint density at radius 2 is 2.71 bits per heavy atom. The predicted molar refractivity (Wildman–Crippen MR) is 28.2 cm³/mol. The van der Waals surface area contributed by atoms with Crippen molar-refractivity contribution >= 4 is 6.21 Å². The first-order valence-electron chi connectivity index (χ1n) is 2.55. The van der Waals surface area contributed by atoms with Crippen LogP contribution in [0.4, 0.5) is 0 Å². The summed E-state index contributed by atoms with van der Waals surface area (Å²) in [5.41, 5.74) is 0. The van der Waals surface area contributed by atoms with E-state index >= 15 is 0 Å². The fraction of sp³-hybridized carbons (Fsp3) is 0.800. The molecule has 1 unspecified atom stereocenters. The van der Waals surface area contributed by atoms with E-state index in [0.717, 1.165) is 13.0 Å². The molecular formula is C5H9NO. The maximum atomic E-state index is 4.71. The molecule has 0 aliphatic carbocycles. The van der Waals surface area contributed by atoms with Crippen LogP contribution in [0, 0.1) is 5.92 Å². The van der Waals surface area contributed by atoms with Crippen molar-refractivity contribution in [3.05, 3.63) is 0 Å². The van der Waals surface area contributed by atoms with Crippen LogP contribution in [-0.2, 0) is 4.84 Å². The Labute approximate surface area is 43.2 Å². The maximum absolute atomic E-state index is 4.71. The fourth-order valence-electron chi connectivity index (χ4n) is 0.513. The van der Waals surface area contributed by atoms with Crippen LogP contribution in [-0.4, -0.2) is 12.8 Å². The lowest BCUT2D eigenvalue weighted by molar-refractivity contribution is 0.123. The van der Waals surface area contributed by atoms with Crippen molar-refractivity contribution in [2.75, 3.05) is 6.61 Å². The first-order chi connectivity index (χ1) is 3.39. The summed E-state index contributed by atoms with van der Waals surface area (Å²) in [6, 6.07) is 0. The van der Waals surface area contributed by atoms with Gasteiger partial charge in [-0.1, -0.05) is 12.1 Å². The van der Waals surface area contributed by atoms with E-state index in [-0.39, 0.29) is 0 Å². The Bertz CT molecular complexity index is 80.1. The van der Waals surface area contributed by atoms with Gasteiger partial charge in [-0.15, -0.1) is 0 Å². The zero-order chi connectivity index (χ0) is 5.11. The van der Waals surface area contributed by atoms with Gasteiger partial charge in [0.25, 0.3) is 0 Å². The molecule has 2 heteroatoms. The van der Waals surface area contributed by atoms with Crippen LogP contribution in [0.5, 0.6) is 0 Å². The smallest absolute Gasteiger partial charge is 0.117 e. The zero-order valence-corrected chi connectivity index (χ0v) is 4.42. The summed E-state index contributed by atoms with van der Waals surface area (Å²) in [5.74, 6) is 0.619. The normalized spacial score (nSPS) is 29.6. The third kappa shape index (κ3) is 1.18. The van der Waals surface area contributed by atoms with Gasteiger partial charge in [-0.2, -0.15) is 0 Å². The van der Waals surface area contributed by atoms with Crippen LogP contribution in [0.15, 0.2) is 5.16 Å². The molecule has 1 aliphatic rings.